The molecule has 0 aliphatic rings. The molecule has 2 rings (SSSR count). The van der Waals surface area contributed by atoms with Crippen LogP contribution < -0.4 is 9.47 Å². The van der Waals surface area contributed by atoms with Gasteiger partial charge in [-0.1, -0.05) is 12.1 Å². The lowest BCUT2D eigenvalue weighted by atomic mass is 10.0. The maximum Gasteiger partial charge on any atom is 0.335 e. The molecule has 0 unspecified atom stereocenters. The predicted octanol–water partition coefficient (Wildman–Crippen LogP) is 3.37. The van der Waals surface area contributed by atoms with Crippen molar-refractivity contribution < 1.29 is 24.3 Å². The molecule has 0 saturated carbocycles. The molecule has 0 bridgehead atoms. The minimum absolute atomic E-state index is 0.0355. The second-order valence-corrected chi connectivity index (χ2v) is 5.08. The number of rotatable bonds is 6. The van der Waals surface area contributed by atoms with Crippen molar-refractivity contribution in [1.29, 1.82) is 5.26 Å². The molecule has 8 nitrogen and oxygen atoms in total. The first kappa shape index (κ1) is 18.5. The number of nitrogens with zero attached hydrogens (tertiary/aromatic N) is 2. The number of methoxy groups -OCH3 is 2. The van der Waals surface area contributed by atoms with Crippen molar-refractivity contribution in [3.8, 4) is 17.6 Å². The van der Waals surface area contributed by atoms with Crippen molar-refractivity contribution in [3.05, 3.63) is 63.2 Å². The van der Waals surface area contributed by atoms with E-state index in [4.69, 9.17) is 14.6 Å². The van der Waals surface area contributed by atoms with Crippen molar-refractivity contribution >= 4 is 23.3 Å². The molecule has 2 aromatic carbocycles. The van der Waals surface area contributed by atoms with Crippen LogP contribution in [0.5, 0.6) is 11.5 Å². The smallest absolute Gasteiger partial charge is 0.335 e. The highest BCUT2D eigenvalue weighted by atomic mass is 16.6. The molecule has 8 heteroatoms. The van der Waals surface area contributed by atoms with Gasteiger partial charge >= 0.3 is 11.7 Å². The Morgan fingerprint density at radius 1 is 1.15 bits per heavy atom. The van der Waals surface area contributed by atoms with E-state index in [-0.39, 0.29) is 22.6 Å². The standard InChI is InChI=1S/C18H14N2O6/c1-25-16-9-17(26-2)15(20(23)24)8-13(16)7-14(10-19)11-3-5-12(6-4-11)18(21)22/h3-9H,1-2H3,(H,21,22)/b14-7-. The molecule has 0 heterocycles. The Kier molecular flexibility index (Phi) is 5.55. The average molecular weight is 354 g/mol. The van der Waals surface area contributed by atoms with E-state index in [1.807, 2.05) is 6.07 Å². The molecule has 0 spiro atoms. The summed E-state index contributed by atoms with van der Waals surface area (Å²) in [6, 6.07) is 10.3. The second-order valence-electron chi connectivity index (χ2n) is 5.08. The number of hydrogen-bond acceptors (Lipinski definition) is 6. The molecule has 2 aromatic rings. The summed E-state index contributed by atoms with van der Waals surface area (Å²) in [5.41, 5.74) is 0.804. The van der Waals surface area contributed by atoms with E-state index in [9.17, 15) is 20.2 Å². The molecule has 26 heavy (non-hydrogen) atoms. The lowest BCUT2D eigenvalue weighted by Crippen LogP contribution is -1.97. The van der Waals surface area contributed by atoms with Gasteiger partial charge < -0.3 is 14.6 Å². The zero-order valence-electron chi connectivity index (χ0n) is 13.9. The quantitative estimate of drug-likeness (QED) is 0.365. The summed E-state index contributed by atoms with van der Waals surface area (Å²) >= 11 is 0. The zero-order valence-corrected chi connectivity index (χ0v) is 13.9. The fourth-order valence-electron chi connectivity index (χ4n) is 2.29. The first-order valence-corrected chi connectivity index (χ1v) is 7.27. The lowest BCUT2D eigenvalue weighted by Gasteiger charge is -2.09. The molecule has 0 aliphatic carbocycles. The number of carbonyl (C=O) groups is 1. The summed E-state index contributed by atoms with van der Waals surface area (Å²) < 4.78 is 10.2. The number of benzene rings is 2. The summed E-state index contributed by atoms with van der Waals surface area (Å²) in [5.74, 6) is -0.748. The molecule has 132 valence electrons. The number of nitriles is 1. The molecule has 0 fully saturated rings. The fraction of sp³-hybridized carbons (Fsp3) is 0.111. The number of carboxylic acid groups (broad SMARTS) is 1. The minimum Gasteiger partial charge on any atom is -0.496 e. The van der Waals surface area contributed by atoms with E-state index in [1.165, 1.54) is 56.7 Å². The first-order chi connectivity index (χ1) is 12.4. The average Bonchev–Trinajstić information content (AvgIpc) is 2.65. The summed E-state index contributed by atoms with van der Waals surface area (Å²) in [7, 11) is 2.70. The van der Waals surface area contributed by atoms with Crippen LogP contribution in [0.4, 0.5) is 5.69 Å². The minimum atomic E-state index is -1.08. The topological polar surface area (TPSA) is 123 Å². The predicted molar refractivity (Wildman–Crippen MR) is 93.1 cm³/mol. The molecular weight excluding hydrogens is 340 g/mol. The molecule has 0 saturated heterocycles. The number of carboxylic acids is 1. The Labute approximate surface area is 148 Å². The number of hydrogen-bond donors (Lipinski definition) is 1. The van der Waals surface area contributed by atoms with Gasteiger partial charge in [0.25, 0.3) is 0 Å². The van der Waals surface area contributed by atoms with Crippen molar-refractivity contribution in [2.75, 3.05) is 14.2 Å². The fourth-order valence-corrected chi connectivity index (χ4v) is 2.29. The van der Waals surface area contributed by atoms with Gasteiger partial charge in [0.15, 0.2) is 0 Å². The molecule has 1 N–H and O–H groups in total. The van der Waals surface area contributed by atoms with E-state index in [0.29, 0.717) is 16.9 Å². The molecule has 0 radical (unpaired) electrons. The number of aromatic carboxylic acids is 1. The highest BCUT2D eigenvalue weighted by molar-refractivity contribution is 5.93. The normalized spacial score (nSPS) is 10.7. The Morgan fingerprint density at radius 2 is 1.73 bits per heavy atom. The van der Waals surface area contributed by atoms with Gasteiger partial charge in [-0.05, 0) is 23.8 Å². The van der Waals surface area contributed by atoms with Crippen molar-refractivity contribution in [1.82, 2.24) is 0 Å². The highest BCUT2D eigenvalue weighted by Crippen LogP contribution is 2.36. The van der Waals surface area contributed by atoms with Crippen molar-refractivity contribution in [2.45, 2.75) is 0 Å². The third-order valence-electron chi connectivity index (χ3n) is 3.59. The molecule has 0 aliphatic heterocycles. The van der Waals surface area contributed by atoms with E-state index in [1.54, 1.807) is 0 Å². The number of allylic oxidation sites excluding steroid dienone is 1. The SMILES string of the molecule is COc1cc(OC)c([N+](=O)[O-])cc1/C=C(/C#N)c1ccc(C(=O)O)cc1. The Morgan fingerprint density at radius 3 is 2.19 bits per heavy atom. The van der Waals surface area contributed by atoms with Crippen LogP contribution in [0, 0.1) is 21.4 Å². The van der Waals surface area contributed by atoms with Crippen LogP contribution in [0.25, 0.3) is 11.6 Å². The van der Waals surface area contributed by atoms with E-state index >= 15 is 0 Å². The van der Waals surface area contributed by atoms with Gasteiger partial charge in [-0.25, -0.2) is 4.79 Å². The van der Waals surface area contributed by atoms with E-state index in [0.717, 1.165) is 0 Å². The maximum absolute atomic E-state index is 11.2. The monoisotopic (exact) mass is 354 g/mol. The number of ether oxygens (including phenoxy) is 2. The van der Waals surface area contributed by atoms with Crippen LogP contribution in [-0.2, 0) is 0 Å². The van der Waals surface area contributed by atoms with Crippen LogP contribution in [0.15, 0.2) is 36.4 Å². The van der Waals surface area contributed by atoms with Gasteiger partial charge in [0.2, 0.25) is 5.75 Å². The van der Waals surface area contributed by atoms with Gasteiger partial charge in [-0.2, -0.15) is 5.26 Å². The summed E-state index contributed by atoms with van der Waals surface area (Å²) in [6.45, 7) is 0. The summed E-state index contributed by atoms with van der Waals surface area (Å²) in [6.07, 6.45) is 1.43. The second kappa shape index (κ2) is 7.81. The molecular formula is C18H14N2O6. The Bertz CT molecular complexity index is 926. The Hall–Kier alpha value is -3.86. The van der Waals surface area contributed by atoms with Crippen LogP contribution in [-0.4, -0.2) is 30.2 Å². The largest absolute Gasteiger partial charge is 0.496 e. The van der Waals surface area contributed by atoms with Gasteiger partial charge in [0.05, 0.1) is 36.3 Å². The van der Waals surface area contributed by atoms with Crippen LogP contribution in [0.1, 0.15) is 21.5 Å². The van der Waals surface area contributed by atoms with E-state index in [2.05, 4.69) is 0 Å². The first-order valence-electron chi connectivity index (χ1n) is 7.27. The van der Waals surface area contributed by atoms with Gasteiger partial charge in [-0.3, -0.25) is 10.1 Å². The Balaban J connectivity index is 2.57. The zero-order chi connectivity index (χ0) is 19.3. The third-order valence-corrected chi connectivity index (χ3v) is 3.59. The molecule has 0 amide bonds. The van der Waals surface area contributed by atoms with Gasteiger partial charge in [0, 0.05) is 17.7 Å². The summed E-state index contributed by atoms with van der Waals surface area (Å²) in [4.78, 5) is 21.5. The molecule has 0 aromatic heterocycles. The van der Waals surface area contributed by atoms with Crippen LogP contribution in [0.3, 0.4) is 0 Å². The van der Waals surface area contributed by atoms with Crippen LogP contribution in [0.2, 0.25) is 0 Å². The maximum atomic E-state index is 11.2. The van der Waals surface area contributed by atoms with E-state index < -0.39 is 10.9 Å². The third kappa shape index (κ3) is 3.79. The number of nitro benzene ring substituents is 1. The highest BCUT2D eigenvalue weighted by Gasteiger charge is 2.19. The van der Waals surface area contributed by atoms with Crippen molar-refractivity contribution in [3.63, 3.8) is 0 Å². The van der Waals surface area contributed by atoms with Gasteiger partial charge in [-0.15, -0.1) is 0 Å². The number of nitro groups is 1. The summed E-state index contributed by atoms with van der Waals surface area (Å²) in [5, 5.41) is 29.6. The lowest BCUT2D eigenvalue weighted by molar-refractivity contribution is -0.385. The van der Waals surface area contributed by atoms with Crippen LogP contribution >= 0.6 is 0 Å². The molecule has 0 atom stereocenters. The van der Waals surface area contributed by atoms with Crippen molar-refractivity contribution in [2.24, 2.45) is 0 Å². The van der Waals surface area contributed by atoms with Gasteiger partial charge in [0.1, 0.15) is 5.75 Å².